The largest absolute Gasteiger partial charge is 0.338 e. The molecule has 96 valence electrons. The van der Waals surface area contributed by atoms with E-state index in [0.717, 1.165) is 24.3 Å². The third-order valence-electron chi connectivity index (χ3n) is 5.10. The number of hydrogen-bond donors (Lipinski definition) is 2. The Kier molecular flexibility index (Phi) is 3.26. The molecule has 0 spiro atoms. The van der Waals surface area contributed by atoms with Crippen LogP contribution in [0.2, 0.25) is 0 Å². The second kappa shape index (κ2) is 4.87. The molecule has 3 unspecified atom stereocenters. The average molecular weight is 236 g/mol. The lowest BCUT2D eigenvalue weighted by molar-refractivity contribution is 0.231. The van der Waals surface area contributed by atoms with Gasteiger partial charge in [0.15, 0.2) is 0 Å². The third kappa shape index (κ3) is 2.58. The van der Waals surface area contributed by atoms with Crippen molar-refractivity contribution in [2.24, 2.45) is 17.8 Å². The minimum Gasteiger partial charge on any atom is -0.338 e. The highest BCUT2D eigenvalue weighted by Crippen LogP contribution is 2.47. The topological polar surface area (TPSA) is 41.1 Å². The van der Waals surface area contributed by atoms with Crippen LogP contribution >= 0.6 is 0 Å². The van der Waals surface area contributed by atoms with Crippen LogP contribution in [0.1, 0.15) is 51.4 Å². The van der Waals surface area contributed by atoms with Crippen molar-refractivity contribution in [3.63, 3.8) is 0 Å². The van der Waals surface area contributed by atoms with Gasteiger partial charge in [-0.2, -0.15) is 0 Å². The molecule has 0 aliphatic heterocycles. The molecule has 3 aliphatic rings. The summed E-state index contributed by atoms with van der Waals surface area (Å²) in [5.41, 5.74) is 0. The van der Waals surface area contributed by atoms with Crippen LogP contribution in [0.5, 0.6) is 0 Å². The summed E-state index contributed by atoms with van der Waals surface area (Å²) < 4.78 is 0. The molecular formula is C14H24N2O. The van der Waals surface area contributed by atoms with Gasteiger partial charge < -0.3 is 10.6 Å². The van der Waals surface area contributed by atoms with Gasteiger partial charge in [0.1, 0.15) is 0 Å². The maximum atomic E-state index is 11.7. The van der Waals surface area contributed by atoms with Crippen LogP contribution in [0.3, 0.4) is 0 Å². The van der Waals surface area contributed by atoms with Crippen molar-refractivity contribution >= 4 is 6.03 Å². The monoisotopic (exact) mass is 236 g/mol. The number of urea groups is 1. The summed E-state index contributed by atoms with van der Waals surface area (Å²) in [7, 11) is 0. The fourth-order valence-electron chi connectivity index (χ4n) is 4.16. The molecule has 3 heteroatoms. The van der Waals surface area contributed by atoms with Gasteiger partial charge in [0.05, 0.1) is 0 Å². The van der Waals surface area contributed by atoms with E-state index < -0.39 is 0 Å². The van der Waals surface area contributed by atoms with Gasteiger partial charge in [-0.3, -0.25) is 0 Å². The van der Waals surface area contributed by atoms with E-state index in [9.17, 15) is 4.79 Å². The molecule has 3 fully saturated rings. The Hall–Kier alpha value is -0.730. The van der Waals surface area contributed by atoms with Crippen molar-refractivity contribution in [1.82, 2.24) is 10.6 Å². The summed E-state index contributed by atoms with van der Waals surface area (Å²) in [4.78, 5) is 11.7. The van der Waals surface area contributed by atoms with Crippen LogP contribution in [0.4, 0.5) is 4.79 Å². The Morgan fingerprint density at radius 3 is 2.53 bits per heavy atom. The molecule has 0 heterocycles. The molecule has 17 heavy (non-hydrogen) atoms. The van der Waals surface area contributed by atoms with E-state index >= 15 is 0 Å². The predicted octanol–water partition coefficient (Wildman–Crippen LogP) is 2.66. The molecule has 3 aliphatic carbocycles. The number of rotatable bonds is 3. The van der Waals surface area contributed by atoms with Crippen molar-refractivity contribution in [3.05, 3.63) is 0 Å². The quantitative estimate of drug-likeness (QED) is 0.777. The van der Waals surface area contributed by atoms with E-state index in [4.69, 9.17) is 0 Å². The van der Waals surface area contributed by atoms with Gasteiger partial charge >= 0.3 is 6.03 Å². The summed E-state index contributed by atoms with van der Waals surface area (Å²) >= 11 is 0. The Labute approximate surface area is 104 Å². The molecule has 2 amide bonds. The van der Waals surface area contributed by atoms with Crippen LogP contribution < -0.4 is 10.6 Å². The molecule has 0 saturated heterocycles. The maximum Gasteiger partial charge on any atom is 0.315 e. The van der Waals surface area contributed by atoms with E-state index in [-0.39, 0.29) is 6.03 Å². The highest BCUT2D eigenvalue weighted by molar-refractivity contribution is 5.74. The number of amides is 2. The summed E-state index contributed by atoms with van der Waals surface area (Å²) in [6.07, 6.45) is 10.5. The predicted molar refractivity (Wildman–Crippen MR) is 67.7 cm³/mol. The lowest BCUT2D eigenvalue weighted by Crippen LogP contribution is -2.43. The molecule has 3 saturated carbocycles. The van der Waals surface area contributed by atoms with E-state index in [1.54, 1.807) is 0 Å². The first-order valence-corrected chi connectivity index (χ1v) is 7.35. The smallest absolute Gasteiger partial charge is 0.315 e. The van der Waals surface area contributed by atoms with Gasteiger partial charge in [0, 0.05) is 12.6 Å². The van der Waals surface area contributed by atoms with Gasteiger partial charge in [-0.15, -0.1) is 0 Å². The number of nitrogens with one attached hydrogen (secondary N) is 2. The number of carbonyl (C=O) groups is 1. The van der Waals surface area contributed by atoms with Crippen LogP contribution in [0.15, 0.2) is 0 Å². The molecule has 0 aromatic carbocycles. The zero-order chi connectivity index (χ0) is 11.7. The van der Waals surface area contributed by atoms with E-state index in [1.165, 1.54) is 51.4 Å². The van der Waals surface area contributed by atoms with E-state index in [0.29, 0.717) is 6.04 Å². The fraction of sp³-hybridized carbons (Fsp3) is 0.929. The maximum absolute atomic E-state index is 11.7. The van der Waals surface area contributed by atoms with Crippen molar-refractivity contribution < 1.29 is 4.79 Å². The lowest BCUT2D eigenvalue weighted by Gasteiger charge is -2.22. The average Bonchev–Trinajstić information content (AvgIpc) is 3.02. The van der Waals surface area contributed by atoms with Gasteiger partial charge in [-0.25, -0.2) is 4.79 Å². The number of fused-ring (bicyclic) bond motifs is 2. The second-order valence-corrected chi connectivity index (χ2v) is 6.27. The molecule has 0 aromatic rings. The molecule has 2 N–H and O–H groups in total. The first kappa shape index (κ1) is 11.4. The van der Waals surface area contributed by atoms with Crippen LogP contribution in [0, 0.1) is 17.8 Å². The highest BCUT2D eigenvalue weighted by Gasteiger charge is 2.39. The Bertz CT molecular complexity index is 286. The minimum absolute atomic E-state index is 0.0691. The van der Waals surface area contributed by atoms with E-state index in [2.05, 4.69) is 10.6 Å². The molecule has 0 aromatic heterocycles. The molecule has 3 atom stereocenters. The van der Waals surface area contributed by atoms with Crippen molar-refractivity contribution in [2.45, 2.75) is 57.4 Å². The van der Waals surface area contributed by atoms with Crippen LogP contribution in [-0.2, 0) is 0 Å². The molecular weight excluding hydrogens is 212 g/mol. The minimum atomic E-state index is 0.0691. The Morgan fingerprint density at radius 1 is 1.06 bits per heavy atom. The highest BCUT2D eigenvalue weighted by atomic mass is 16.2. The van der Waals surface area contributed by atoms with Gasteiger partial charge in [-0.05, 0) is 49.9 Å². The number of carbonyl (C=O) groups excluding carboxylic acids is 1. The van der Waals surface area contributed by atoms with Gasteiger partial charge in [0.25, 0.3) is 0 Å². The van der Waals surface area contributed by atoms with Gasteiger partial charge in [0.2, 0.25) is 0 Å². The SMILES string of the molecule is O=C(NCC1CC2CCC1C2)NC1CCCC1. The Balaban J connectivity index is 1.37. The first-order valence-electron chi connectivity index (χ1n) is 7.35. The second-order valence-electron chi connectivity index (χ2n) is 6.27. The first-order chi connectivity index (χ1) is 8.31. The normalized spacial score (nSPS) is 36.4. The third-order valence-corrected chi connectivity index (χ3v) is 5.10. The summed E-state index contributed by atoms with van der Waals surface area (Å²) in [6, 6.07) is 0.509. The van der Waals surface area contributed by atoms with Crippen molar-refractivity contribution in [3.8, 4) is 0 Å². The van der Waals surface area contributed by atoms with E-state index in [1.807, 2.05) is 0 Å². The standard InChI is InChI=1S/C14H24N2O/c17-14(16-13-3-1-2-4-13)15-9-12-8-10-5-6-11(12)7-10/h10-13H,1-9H2,(H2,15,16,17). The summed E-state index contributed by atoms with van der Waals surface area (Å²) in [6.45, 7) is 0.902. The number of hydrogen-bond acceptors (Lipinski definition) is 1. The summed E-state index contributed by atoms with van der Waals surface area (Å²) in [5, 5.41) is 6.18. The zero-order valence-electron chi connectivity index (χ0n) is 10.6. The molecule has 3 rings (SSSR count). The van der Waals surface area contributed by atoms with Crippen molar-refractivity contribution in [2.75, 3.05) is 6.54 Å². The summed E-state index contributed by atoms with van der Waals surface area (Å²) in [5.74, 6) is 2.65. The van der Waals surface area contributed by atoms with Gasteiger partial charge in [-0.1, -0.05) is 19.3 Å². The van der Waals surface area contributed by atoms with Crippen LogP contribution in [0.25, 0.3) is 0 Å². The van der Waals surface area contributed by atoms with Crippen LogP contribution in [-0.4, -0.2) is 18.6 Å². The lowest BCUT2D eigenvalue weighted by atomic mass is 9.89. The molecule has 0 radical (unpaired) electrons. The zero-order valence-corrected chi connectivity index (χ0v) is 10.6. The Morgan fingerprint density at radius 2 is 1.88 bits per heavy atom. The van der Waals surface area contributed by atoms with Crippen molar-refractivity contribution in [1.29, 1.82) is 0 Å². The molecule has 2 bridgehead atoms. The molecule has 3 nitrogen and oxygen atoms in total. The fourth-order valence-corrected chi connectivity index (χ4v) is 4.16.